The lowest BCUT2D eigenvalue weighted by Crippen LogP contribution is -2.36. The highest BCUT2D eigenvalue weighted by Gasteiger charge is 2.29. The Morgan fingerprint density at radius 2 is 2.11 bits per heavy atom. The van der Waals surface area contributed by atoms with E-state index in [2.05, 4.69) is 4.98 Å². The Kier molecular flexibility index (Phi) is 6.19. The molecule has 5 nitrogen and oxygen atoms in total. The number of hydrogen-bond acceptors (Lipinski definition) is 5. The molecule has 0 radical (unpaired) electrons. The fourth-order valence-electron chi connectivity index (χ4n) is 1.62. The first-order valence-electron chi connectivity index (χ1n) is 5.91. The summed E-state index contributed by atoms with van der Waals surface area (Å²) in [5.41, 5.74) is 0.446. The summed E-state index contributed by atoms with van der Waals surface area (Å²) in [7, 11) is -2.00. The van der Waals surface area contributed by atoms with E-state index in [0.717, 1.165) is 11.3 Å². The van der Waals surface area contributed by atoms with E-state index in [0.29, 0.717) is 25.4 Å². The van der Waals surface area contributed by atoms with E-state index in [9.17, 15) is 8.42 Å². The third-order valence-electron chi connectivity index (χ3n) is 2.42. The van der Waals surface area contributed by atoms with Crippen molar-refractivity contribution in [1.82, 2.24) is 9.29 Å². The molecule has 0 amide bonds. The van der Waals surface area contributed by atoms with Gasteiger partial charge >= 0.3 is 0 Å². The lowest BCUT2D eigenvalue weighted by Gasteiger charge is -2.23. The van der Waals surface area contributed by atoms with Crippen molar-refractivity contribution in [3.05, 3.63) is 10.2 Å². The molecule has 0 fully saturated rings. The number of thiazole rings is 1. The van der Waals surface area contributed by atoms with Crippen LogP contribution in [0.1, 0.15) is 19.5 Å². The van der Waals surface area contributed by atoms with Gasteiger partial charge in [0.15, 0.2) is 8.68 Å². The van der Waals surface area contributed by atoms with Crippen LogP contribution in [0.15, 0.2) is 4.21 Å². The van der Waals surface area contributed by atoms with Gasteiger partial charge in [0.25, 0.3) is 10.0 Å². The lowest BCUT2D eigenvalue weighted by molar-refractivity contribution is 0.175. The Bertz CT molecular complexity index is 514. The van der Waals surface area contributed by atoms with Gasteiger partial charge < -0.3 is 4.74 Å². The van der Waals surface area contributed by atoms with Crippen molar-refractivity contribution in [3.63, 3.8) is 0 Å². The Morgan fingerprint density at radius 3 is 2.53 bits per heavy atom. The van der Waals surface area contributed by atoms with E-state index in [-0.39, 0.29) is 14.6 Å². The largest absolute Gasteiger partial charge is 0.383 e. The quantitative estimate of drug-likeness (QED) is 0.772. The number of nitrogens with zero attached hydrogens (tertiary/aromatic N) is 2. The summed E-state index contributed by atoms with van der Waals surface area (Å²) < 4.78 is 32.0. The zero-order valence-corrected chi connectivity index (χ0v) is 13.9. The first kappa shape index (κ1) is 16.8. The fourth-order valence-corrected chi connectivity index (χ4v) is 5.08. The molecule has 0 N–H and O–H groups in total. The molecule has 0 saturated heterocycles. The van der Waals surface area contributed by atoms with Crippen LogP contribution in [0.2, 0.25) is 4.47 Å². The van der Waals surface area contributed by atoms with Gasteiger partial charge in [-0.25, -0.2) is 13.4 Å². The molecule has 0 bridgehead atoms. The molecule has 0 spiro atoms. The summed E-state index contributed by atoms with van der Waals surface area (Å²) in [6, 6.07) is 0. The van der Waals surface area contributed by atoms with Gasteiger partial charge in [-0.15, -0.1) is 0 Å². The van der Waals surface area contributed by atoms with Crippen molar-refractivity contribution in [1.29, 1.82) is 0 Å². The second kappa shape index (κ2) is 6.99. The number of sulfonamides is 1. The zero-order valence-electron chi connectivity index (χ0n) is 11.5. The number of methoxy groups -OCH3 is 1. The molecule has 8 heteroatoms. The molecule has 0 unspecified atom stereocenters. The summed E-state index contributed by atoms with van der Waals surface area (Å²) >= 11 is 6.78. The SMILES string of the molecule is COCCN(CC(C)C)S(=O)(=O)c1sc(Cl)nc1C. The number of ether oxygens (including phenoxy) is 1. The Balaban J connectivity index is 3.07. The normalized spacial score (nSPS) is 12.6. The molecule has 0 aromatic carbocycles. The maximum Gasteiger partial charge on any atom is 0.254 e. The topological polar surface area (TPSA) is 59.5 Å². The molecular weight excluding hydrogens is 308 g/mol. The first-order chi connectivity index (χ1) is 8.78. The number of aryl methyl sites for hydroxylation is 1. The highest BCUT2D eigenvalue weighted by Crippen LogP contribution is 2.29. The number of aromatic nitrogens is 1. The Hall–Kier alpha value is -0.210. The summed E-state index contributed by atoms with van der Waals surface area (Å²) in [6.45, 7) is 6.73. The van der Waals surface area contributed by atoms with Crippen LogP contribution in [0.25, 0.3) is 0 Å². The van der Waals surface area contributed by atoms with Crippen molar-refractivity contribution >= 4 is 33.0 Å². The lowest BCUT2D eigenvalue weighted by atomic mass is 10.2. The van der Waals surface area contributed by atoms with Crippen molar-refractivity contribution in [2.75, 3.05) is 26.8 Å². The average Bonchev–Trinajstić information content (AvgIpc) is 2.63. The van der Waals surface area contributed by atoms with Crippen LogP contribution in [0.3, 0.4) is 0 Å². The monoisotopic (exact) mass is 326 g/mol. The van der Waals surface area contributed by atoms with E-state index in [1.807, 2.05) is 13.8 Å². The maximum atomic E-state index is 12.6. The number of rotatable bonds is 7. The summed E-state index contributed by atoms with van der Waals surface area (Å²) in [4.78, 5) is 3.97. The molecule has 0 aliphatic carbocycles. The summed E-state index contributed by atoms with van der Waals surface area (Å²) in [6.07, 6.45) is 0. The van der Waals surface area contributed by atoms with Crippen LogP contribution < -0.4 is 0 Å². The predicted octanol–water partition coefficient (Wildman–Crippen LogP) is 2.40. The smallest absolute Gasteiger partial charge is 0.254 e. The minimum atomic E-state index is -3.55. The standard InChI is InChI=1S/C11H19ClN2O3S2/c1-8(2)7-14(5-6-17-4)19(15,16)10-9(3)13-11(12)18-10/h8H,5-7H2,1-4H3. The van der Waals surface area contributed by atoms with E-state index < -0.39 is 10.0 Å². The molecule has 0 aliphatic rings. The van der Waals surface area contributed by atoms with Crippen molar-refractivity contribution in [3.8, 4) is 0 Å². The zero-order chi connectivity index (χ0) is 14.6. The average molecular weight is 327 g/mol. The molecule has 0 aliphatic heterocycles. The van der Waals surface area contributed by atoms with E-state index in [1.54, 1.807) is 14.0 Å². The molecule has 110 valence electrons. The molecule has 1 rings (SSSR count). The number of halogens is 1. The minimum absolute atomic E-state index is 0.217. The van der Waals surface area contributed by atoms with Gasteiger partial charge in [0, 0.05) is 20.2 Å². The molecule has 0 saturated carbocycles. The van der Waals surface area contributed by atoms with Crippen molar-refractivity contribution in [2.45, 2.75) is 25.0 Å². The van der Waals surface area contributed by atoms with Gasteiger partial charge in [0.2, 0.25) is 0 Å². The second-order valence-corrected chi connectivity index (χ2v) is 8.30. The van der Waals surface area contributed by atoms with Crippen LogP contribution in [0, 0.1) is 12.8 Å². The van der Waals surface area contributed by atoms with Crippen LogP contribution in [0.5, 0.6) is 0 Å². The van der Waals surface area contributed by atoms with E-state index in [1.165, 1.54) is 4.31 Å². The summed E-state index contributed by atoms with van der Waals surface area (Å²) in [5.74, 6) is 0.232. The van der Waals surface area contributed by atoms with Crippen molar-refractivity contribution < 1.29 is 13.2 Å². The Labute approximate surface area is 123 Å². The molecule has 19 heavy (non-hydrogen) atoms. The number of hydrogen-bond donors (Lipinski definition) is 0. The molecule has 1 heterocycles. The first-order valence-corrected chi connectivity index (χ1v) is 8.54. The maximum absolute atomic E-state index is 12.6. The van der Waals surface area contributed by atoms with E-state index >= 15 is 0 Å². The van der Waals surface area contributed by atoms with Gasteiger partial charge in [-0.1, -0.05) is 36.8 Å². The highest BCUT2D eigenvalue weighted by molar-refractivity contribution is 7.91. The van der Waals surface area contributed by atoms with Crippen LogP contribution >= 0.6 is 22.9 Å². The molecule has 1 aromatic heterocycles. The van der Waals surface area contributed by atoms with Crippen molar-refractivity contribution in [2.24, 2.45) is 5.92 Å². The fraction of sp³-hybridized carbons (Fsp3) is 0.727. The van der Waals surface area contributed by atoms with Crippen LogP contribution in [-0.4, -0.2) is 44.5 Å². The third kappa shape index (κ3) is 4.39. The molecule has 1 aromatic rings. The van der Waals surface area contributed by atoms with Gasteiger partial charge in [0.05, 0.1) is 12.3 Å². The van der Waals surface area contributed by atoms with E-state index in [4.69, 9.17) is 16.3 Å². The van der Waals surface area contributed by atoms with Gasteiger partial charge in [0.1, 0.15) is 0 Å². The van der Waals surface area contributed by atoms with Gasteiger partial charge in [-0.3, -0.25) is 0 Å². The summed E-state index contributed by atoms with van der Waals surface area (Å²) in [5, 5.41) is 0. The third-order valence-corrected chi connectivity index (χ3v) is 6.13. The molecular formula is C11H19ClN2O3S2. The second-order valence-electron chi connectivity index (χ2n) is 4.59. The minimum Gasteiger partial charge on any atom is -0.383 e. The van der Waals surface area contributed by atoms with Crippen LogP contribution in [0.4, 0.5) is 0 Å². The predicted molar refractivity (Wildman–Crippen MR) is 77.3 cm³/mol. The van der Waals surface area contributed by atoms with Crippen LogP contribution in [-0.2, 0) is 14.8 Å². The highest BCUT2D eigenvalue weighted by atomic mass is 35.5. The Morgan fingerprint density at radius 1 is 1.47 bits per heavy atom. The van der Waals surface area contributed by atoms with Gasteiger partial charge in [-0.05, 0) is 12.8 Å². The van der Waals surface area contributed by atoms with Gasteiger partial charge in [-0.2, -0.15) is 4.31 Å². The molecule has 0 atom stereocenters.